The van der Waals surface area contributed by atoms with E-state index in [4.69, 9.17) is 10.5 Å². The molecule has 0 aliphatic heterocycles. The number of nitrogens with zero attached hydrogens (tertiary/aromatic N) is 1. The first kappa shape index (κ1) is 14.2. The van der Waals surface area contributed by atoms with Crippen LogP contribution in [-0.2, 0) is 0 Å². The highest BCUT2D eigenvalue weighted by atomic mass is 16.5. The van der Waals surface area contributed by atoms with E-state index in [-0.39, 0.29) is 11.8 Å². The van der Waals surface area contributed by atoms with Crippen molar-refractivity contribution in [3.05, 3.63) is 54.1 Å². The smallest absolute Gasteiger partial charge is 0.124 e. The van der Waals surface area contributed by atoms with Gasteiger partial charge in [0.1, 0.15) is 11.5 Å². The third-order valence-corrected chi connectivity index (χ3v) is 3.45. The van der Waals surface area contributed by atoms with Crippen molar-refractivity contribution < 1.29 is 9.84 Å². The Kier molecular flexibility index (Phi) is 4.48. The molecule has 4 heteroatoms. The largest absolute Gasteiger partial charge is 0.508 e. The molecule has 0 radical (unpaired) electrons. The average molecular weight is 272 g/mol. The molecule has 106 valence electrons. The van der Waals surface area contributed by atoms with Gasteiger partial charge in [-0.25, -0.2) is 0 Å². The van der Waals surface area contributed by atoms with Gasteiger partial charge in [0, 0.05) is 24.8 Å². The Bertz CT molecular complexity index is 555. The molecule has 4 nitrogen and oxygen atoms in total. The highest BCUT2D eigenvalue weighted by Gasteiger charge is 2.19. The van der Waals surface area contributed by atoms with Crippen LogP contribution >= 0.6 is 0 Å². The van der Waals surface area contributed by atoms with Crippen molar-refractivity contribution in [3.8, 4) is 11.5 Å². The van der Waals surface area contributed by atoms with Gasteiger partial charge in [-0.05, 0) is 30.3 Å². The second kappa shape index (κ2) is 6.30. The normalized spacial score (nSPS) is 11.9. The lowest BCUT2D eigenvalue weighted by Gasteiger charge is -2.30. The van der Waals surface area contributed by atoms with Crippen LogP contribution in [-0.4, -0.2) is 25.8 Å². The number of para-hydroxylation sites is 1. The van der Waals surface area contributed by atoms with Crippen LogP contribution in [0.25, 0.3) is 0 Å². The molecule has 1 unspecified atom stereocenters. The van der Waals surface area contributed by atoms with E-state index in [0.29, 0.717) is 6.54 Å². The zero-order valence-corrected chi connectivity index (χ0v) is 11.8. The summed E-state index contributed by atoms with van der Waals surface area (Å²) in [5, 5.41) is 9.37. The fourth-order valence-corrected chi connectivity index (χ4v) is 2.30. The molecule has 2 aromatic carbocycles. The second-order valence-electron chi connectivity index (χ2n) is 4.62. The standard InChI is InChI=1S/C16H20N2O2/c1-18(12-7-9-13(19)10-8-12)15(11-17)14-5-3-4-6-16(14)20-2/h3-10,15,19H,11,17H2,1-2H3. The summed E-state index contributed by atoms with van der Waals surface area (Å²) in [5.74, 6) is 1.08. The fraction of sp³-hybridized carbons (Fsp3) is 0.250. The van der Waals surface area contributed by atoms with Crippen molar-refractivity contribution in [2.75, 3.05) is 25.6 Å². The summed E-state index contributed by atoms with van der Waals surface area (Å²) >= 11 is 0. The molecule has 0 heterocycles. The number of rotatable bonds is 5. The highest BCUT2D eigenvalue weighted by molar-refractivity contribution is 5.52. The summed E-state index contributed by atoms with van der Waals surface area (Å²) < 4.78 is 5.41. The highest BCUT2D eigenvalue weighted by Crippen LogP contribution is 2.31. The maximum Gasteiger partial charge on any atom is 0.124 e. The van der Waals surface area contributed by atoms with Crippen LogP contribution in [0.3, 0.4) is 0 Å². The molecule has 0 spiro atoms. The van der Waals surface area contributed by atoms with Gasteiger partial charge >= 0.3 is 0 Å². The van der Waals surface area contributed by atoms with Crippen molar-refractivity contribution in [1.29, 1.82) is 0 Å². The predicted octanol–water partition coefficient (Wildman–Crippen LogP) is 2.54. The van der Waals surface area contributed by atoms with Gasteiger partial charge in [0.25, 0.3) is 0 Å². The summed E-state index contributed by atoms with van der Waals surface area (Å²) in [7, 11) is 3.64. The molecule has 20 heavy (non-hydrogen) atoms. The van der Waals surface area contributed by atoms with Crippen molar-refractivity contribution in [2.24, 2.45) is 5.73 Å². The first-order valence-electron chi connectivity index (χ1n) is 6.52. The molecule has 0 aromatic heterocycles. The molecule has 3 N–H and O–H groups in total. The lowest BCUT2D eigenvalue weighted by Crippen LogP contribution is -2.30. The van der Waals surface area contributed by atoms with Crippen molar-refractivity contribution >= 4 is 5.69 Å². The van der Waals surface area contributed by atoms with Crippen LogP contribution < -0.4 is 15.4 Å². The molecule has 0 saturated carbocycles. The third-order valence-electron chi connectivity index (χ3n) is 3.45. The molecule has 0 fully saturated rings. The van der Waals surface area contributed by atoms with Gasteiger partial charge in [-0.2, -0.15) is 0 Å². The second-order valence-corrected chi connectivity index (χ2v) is 4.62. The van der Waals surface area contributed by atoms with E-state index in [1.807, 2.05) is 43.4 Å². The summed E-state index contributed by atoms with van der Waals surface area (Å²) in [6, 6.07) is 15.0. The van der Waals surface area contributed by atoms with E-state index in [1.165, 1.54) is 0 Å². The number of benzene rings is 2. The summed E-state index contributed by atoms with van der Waals surface area (Å²) in [6.45, 7) is 0.470. The molecule has 1 atom stereocenters. The number of likely N-dealkylation sites (N-methyl/N-ethyl adjacent to an activating group) is 1. The Morgan fingerprint density at radius 1 is 1.15 bits per heavy atom. The molecule has 2 aromatic rings. The summed E-state index contributed by atoms with van der Waals surface area (Å²) in [5.41, 5.74) is 7.99. The molecule has 0 bridgehead atoms. The van der Waals surface area contributed by atoms with E-state index < -0.39 is 0 Å². The number of phenols is 1. The average Bonchev–Trinajstić information content (AvgIpc) is 2.49. The number of aromatic hydroxyl groups is 1. The Labute approximate surface area is 119 Å². The minimum atomic E-state index is 0.00990. The maximum atomic E-state index is 9.37. The number of methoxy groups -OCH3 is 1. The van der Waals surface area contributed by atoms with Gasteiger partial charge < -0.3 is 20.5 Å². The fourth-order valence-electron chi connectivity index (χ4n) is 2.30. The minimum Gasteiger partial charge on any atom is -0.508 e. The van der Waals surface area contributed by atoms with E-state index in [9.17, 15) is 5.11 Å². The quantitative estimate of drug-likeness (QED) is 0.878. The number of ether oxygens (including phenoxy) is 1. The predicted molar refractivity (Wildman–Crippen MR) is 81.3 cm³/mol. The van der Waals surface area contributed by atoms with Gasteiger partial charge in [-0.1, -0.05) is 18.2 Å². The van der Waals surface area contributed by atoms with Crippen LogP contribution in [0, 0.1) is 0 Å². The summed E-state index contributed by atoms with van der Waals surface area (Å²) in [6.07, 6.45) is 0. The zero-order valence-electron chi connectivity index (χ0n) is 11.8. The number of anilines is 1. The minimum absolute atomic E-state index is 0.00990. The van der Waals surface area contributed by atoms with Crippen molar-refractivity contribution in [1.82, 2.24) is 0 Å². The number of phenolic OH excluding ortho intramolecular Hbond substituents is 1. The van der Waals surface area contributed by atoms with Crippen LogP contribution in [0.15, 0.2) is 48.5 Å². The van der Waals surface area contributed by atoms with Crippen molar-refractivity contribution in [3.63, 3.8) is 0 Å². The van der Waals surface area contributed by atoms with Crippen molar-refractivity contribution in [2.45, 2.75) is 6.04 Å². The molecular formula is C16H20N2O2. The molecule has 0 amide bonds. The topological polar surface area (TPSA) is 58.7 Å². The van der Waals surface area contributed by atoms with Gasteiger partial charge in [0.2, 0.25) is 0 Å². The van der Waals surface area contributed by atoms with Crippen LogP contribution in [0.2, 0.25) is 0 Å². The molecule has 0 aliphatic rings. The van der Waals surface area contributed by atoms with Gasteiger partial charge in [0.05, 0.1) is 13.2 Å². The van der Waals surface area contributed by atoms with E-state index in [1.54, 1.807) is 19.2 Å². The van der Waals surface area contributed by atoms with E-state index in [0.717, 1.165) is 17.0 Å². The van der Waals surface area contributed by atoms with Crippen LogP contribution in [0.5, 0.6) is 11.5 Å². The number of hydrogen-bond donors (Lipinski definition) is 2. The first-order valence-corrected chi connectivity index (χ1v) is 6.52. The molecule has 0 aliphatic carbocycles. The summed E-state index contributed by atoms with van der Waals surface area (Å²) in [4.78, 5) is 2.08. The lowest BCUT2D eigenvalue weighted by molar-refractivity contribution is 0.405. The first-order chi connectivity index (χ1) is 9.67. The van der Waals surface area contributed by atoms with Crippen LogP contribution in [0.4, 0.5) is 5.69 Å². The number of nitrogens with two attached hydrogens (primary N) is 1. The zero-order chi connectivity index (χ0) is 14.5. The third kappa shape index (κ3) is 2.86. The Morgan fingerprint density at radius 3 is 2.40 bits per heavy atom. The van der Waals surface area contributed by atoms with Crippen LogP contribution in [0.1, 0.15) is 11.6 Å². The molecule has 0 saturated heterocycles. The Morgan fingerprint density at radius 2 is 1.80 bits per heavy atom. The van der Waals surface area contributed by atoms with E-state index in [2.05, 4.69) is 4.90 Å². The van der Waals surface area contributed by atoms with E-state index >= 15 is 0 Å². The van der Waals surface area contributed by atoms with Gasteiger partial charge in [0.15, 0.2) is 0 Å². The van der Waals surface area contributed by atoms with Gasteiger partial charge in [-0.15, -0.1) is 0 Å². The Balaban J connectivity index is 2.34. The Hall–Kier alpha value is -2.20. The lowest BCUT2D eigenvalue weighted by atomic mass is 10.0. The number of hydrogen-bond acceptors (Lipinski definition) is 4. The molecular weight excluding hydrogens is 252 g/mol. The maximum absolute atomic E-state index is 9.37. The molecule has 2 rings (SSSR count). The van der Waals surface area contributed by atoms with Gasteiger partial charge in [-0.3, -0.25) is 0 Å². The SMILES string of the molecule is COc1ccccc1C(CN)N(C)c1ccc(O)cc1. The monoisotopic (exact) mass is 272 g/mol.